The van der Waals surface area contributed by atoms with Crippen LogP contribution in [0, 0.1) is 0 Å². The van der Waals surface area contributed by atoms with E-state index in [-0.39, 0.29) is 17.5 Å². The molecule has 2 rings (SSSR count). The van der Waals surface area contributed by atoms with Gasteiger partial charge in [-0.2, -0.15) is 5.10 Å². The predicted octanol–water partition coefficient (Wildman–Crippen LogP) is 1.23. The van der Waals surface area contributed by atoms with Gasteiger partial charge in [-0.05, 0) is 39.2 Å². The van der Waals surface area contributed by atoms with Gasteiger partial charge in [-0.15, -0.1) is 0 Å². The topological polar surface area (TPSA) is 88.5 Å². The Labute approximate surface area is 148 Å². The quantitative estimate of drug-likeness (QED) is 0.773. The van der Waals surface area contributed by atoms with Gasteiger partial charge >= 0.3 is 6.03 Å². The monoisotopic (exact) mass is 351 g/mol. The fraction of sp³-hybridized carbons (Fsp3) is 0.706. The van der Waals surface area contributed by atoms with Crippen LogP contribution in [0.4, 0.5) is 4.79 Å². The fourth-order valence-corrected chi connectivity index (χ4v) is 3.22. The highest BCUT2D eigenvalue weighted by Crippen LogP contribution is 2.26. The van der Waals surface area contributed by atoms with Gasteiger partial charge in [0.15, 0.2) is 0 Å². The maximum atomic E-state index is 12.7. The Bertz CT molecular complexity index is 579. The number of urea groups is 1. The molecule has 0 unspecified atom stereocenters. The Balaban J connectivity index is 2.06. The number of rotatable bonds is 7. The Kier molecular flexibility index (Phi) is 6.81. The average Bonchev–Trinajstić information content (AvgIpc) is 3.10. The van der Waals surface area contributed by atoms with Crippen LogP contribution in [0.1, 0.15) is 43.6 Å². The van der Waals surface area contributed by atoms with Crippen LogP contribution >= 0.6 is 0 Å². The highest BCUT2D eigenvalue weighted by Gasteiger charge is 2.37. The summed E-state index contributed by atoms with van der Waals surface area (Å²) in [5.74, 6) is -0.123. The molecule has 3 amide bonds. The third-order valence-electron chi connectivity index (χ3n) is 4.75. The van der Waals surface area contributed by atoms with Crippen molar-refractivity contribution in [2.45, 2.75) is 45.2 Å². The molecule has 1 aliphatic rings. The normalized spacial score (nSPS) is 16.5. The molecule has 2 N–H and O–H groups in total. The van der Waals surface area contributed by atoms with Gasteiger partial charge in [0.2, 0.25) is 0 Å². The predicted molar refractivity (Wildman–Crippen MR) is 94.5 cm³/mol. The van der Waals surface area contributed by atoms with E-state index in [9.17, 15) is 9.59 Å². The summed E-state index contributed by atoms with van der Waals surface area (Å²) in [4.78, 5) is 26.5. The number of nitrogens with one attached hydrogen (secondary N) is 2. The second-order valence-corrected chi connectivity index (χ2v) is 6.33. The highest BCUT2D eigenvalue weighted by molar-refractivity contribution is 5.93. The number of ether oxygens (including phenoxy) is 1. The number of likely N-dealkylation sites (tertiary alicyclic amines) is 1. The number of piperidine rings is 1. The first-order chi connectivity index (χ1) is 12.0. The van der Waals surface area contributed by atoms with Crippen molar-refractivity contribution in [2.75, 3.05) is 33.4 Å². The molecular weight excluding hydrogens is 322 g/mol. The fourth-order valence-electron chi connectivity index (χ4n) is 3.22. The summed E-state index contributed by atoms with van der Waals surface area (Å²) in [5.41, 5.74) is 0.198. The van der Waals surface area contributed by atoms with E-state index in [1.165, 1.54) is 0 Å². The maximum absolute atomic E-state index is 12.7. The third-order valence-corrected chi connectivity index (χ3v) is 4.75. The van der Waals surface area contributed by atoms with Crippen LogP contribution in [-0.4, -0.2) is 65.5 Å². The molecule has 25 heavy (non-hydrogen) atoms. The van der Waals surface area contributed by atoms with Crippen molar-refractivity contribution < 1.29 is 14.3 Å². The first-order valence-electron chi connectivity index (χ1n) is 8.91. The Hall–Kier alpha value is -2.09. The SMILES string of the molecule is CCNC(=O)N1CCC(CCOC)(NC(=O)c2ccnn2CC)CC1. The lowest BCUT2D eigenvalue weighted by Gasteiger charge is -2.42. The number of nitrogens with zero attached hydrogens (tertiary/aromatic N) is 3. The van der Waals surface area contributed by atoms with Gasteiger partial charge in [0, 0.05) is 51.6 Å². The van der Waals surface area contributed by atoms with Gasteiger partial charge in [0.05, 0.1) is 0 Å². The van der Waals surface area contributed by atoms with Gasteiger partial charge < -0.3 is 20.3 Å². The molecule has 1 aliphatic heterocycles. The second kappa shape index (κ2) is 8.84. The van der Waals surface area contributed by atoms with Gasteiger partial charge in [0.1, 0.15) is 5.69 Å². The standard InChI is InChI=1S/C17H29N5O3/c1-4-18-16(24)21-11-7-17(8-12-21,9-13-25-3)20-15(23)14-6-10-19-22(14)5-2/h6,10H,4-5,7-9,11-13H2,1-3H3,(H,18,24)(H,20,23). The van der Waals surface area contributed by atoms with E-state index in [0.717, 1.165) is 6.42 Å². The van der Waals surface area contributed by atoms with Gasteiger partial charge in [-0.3, -0.25) is 9.48 Å². The minimum absolute atomic E-state index is 0.0433. The molecule has 0 bridgehead atoms. The first kappa shape index (κ1) is 19.2. The summed E-state index contributed by atoms with van der Waals surface area (Å²) in [6.45, 7) is 6.91. The highest BCUT2D eigenvalue weighted by atomic mass is 16.5. The van der Waals surface area contributed by atoms with Crippen LogP contribution in [0.15, 0.2) is 12.3 Å². The van der Waals surface area contributed by atoms with E-state index in [1.54, 1.807) is 29.0 Å². The van der Waals surface area contributed by atoms with Gasteiger partial charge in [-0.25, -0.2) is 4.79 Å². The Morgan fingerprint density at radius 1 is 1.32 bits per heavy atom. The summed E-state index contributed by atoms with van der Waals surface area (Å²) < 4.78 is 6.92. The minimum atomic E-state index is -0.362. The molecule has 1 aromatic heterocycles. The lowest BCUT2D eigenvalue weighted by molar-refractivity contribution is 0.0737. The lowest BCUT2D eigenvalue weighted by Crippen LogP contribution is -2.58. The molecule has 1 fully saturated rings. The lowest BCUT2D eigenvalue weighted by atomic mass is 9.84. The second-order valence-electron chi connectivity index (χ2n) is 6.33. The first-order valence-corrected chi connectivity index (χ1v) is 8.91. The zero-order valence-corrected chi connectivity index (χ0v) is 15.4. The Morgan fingerprint density at radius 2 is 2.04 bits per heavy atom. The van der Waals surface area contributed by atoms with E-state index >= 15 is 0 Å². The van der Waals surface area contributed by atoms with Crippen LogP contribution in [-0.2, 0) is 11.3 Å². The largest absolute Gasteiger partial charge is 0.385 e. The smallest absolute Gasteiger partial charge is 0.317 e. The Morgan fingerprint density at radius 3 is 2.64 bits per heavy atom. The van der Waals surface area contributed by atoms with Gasteiger partial charge in [0.25, 0.3) is 5.91 Å². The summed E-state index contributed by atoms with van der Waals surface area (Å²) >= 11 is 0. The molecule has 1 saturated heterocycles. The molecule has 0 aliphatic carbocycles. The number of aryl methyl sites for hydroxylation is 1. The summed E-state index contributed by atoms with van der Waals surface area (Å²) in [6, 6.07) is 1.69. The van der Waals surface area contributed by atoms with Crippen molar-refractivity contribution in [2.24, 2.45) is 0 Å². The maximum Gasteiger partial charge on any atom is 0.317 e. The number of amides is 3. The number of hydrogen-bond donors (Lipinski definition) is 2. The van der Waals surface area contributed by atoms with E-state index in [2.05, 4.69) is 15.7 Å². The van der Waals surface area contributed by atoms with Crippen LogP contribution in [0.25, 0.3) is 0 Å². The van der Waals surface area contributed by atoms with Crippen molar-refractivity contribution in [1.29, 1.82) is 0 Å². The van der Waals surface area contributed by atoms with Crippen molar-refractivity contribution >= 4 is 11.9 Å². The van der Waals surface area contributed by atoms with Crippen molar-refractivity contribution in [3.63, 3.8) is 0 Å². The molecule has 2 heterocycles. The summed E-state index contributed by atoms with van der Waals surface area (Å²) in [5, 5.41) is 10.2. The number of carbonyl (C=O) groups is 2. The van der Waals surface area contributed by atoms with E-state index < -0.39 is 0 Å². The number of hydrogen-bond acceptors (Lipinski definition) is 4. The number of aromatic nitrogens is 2. The van der Waals surface area contributed by atoms with Crippen LogP contribution in [0.5, 0.6) is 0 Å². The van der Waals surface area contributed by atoms with Gasteiger partial charge in [-0.1, -0.05) is 0 Å². The molecular formula is C17H29N5O3. The van der Waals surface area contributed by atoms with E-state index in [4.69, 9.17) is 4.74 Å². The van der Waals surface area contributed by atoms with E-state index in [0.29, 0.717) is 51.3 Å². The third kappa shape index (κ3) is 4.72. The molecule has 140 valence electrons. The minimum Gasteiger partial charge on any atom is -0.385 e. The van der Waals surface area contributed by atoms with Crippen molar-refractivity contribution in [1.82, 2.24) is 25.3 Å². The molecule has 0 atom stereocenters. The zero-order valence-electron chi connectivity index (χ0n) is 15.4. The number of carbonyl (C=O) groups excluding carboxylic acids is 2. The zero-order chi connectivity index (χ0) is 18.3. The van der Waals surface area contributed by atoms with Crippen molar-refractivity contribution in [3.05, 3.63) is 18.0 Å². The average molecular weight is 351 g/mol. The number of methoxy groups -OCH3 is 1. The molecule has 8 nitrogen and oxygen atoms in total. The van der Waals surface area contributed by atoms with Crippen LogP contribution in [0.3, 0.4) is 0 Å². The summed E-state index contributed by atoms with van der Waals surface area (Å²) in [6.07, 6.45) is 3.77. The van der Waals surface area contributed by atoms with E-state index in [1.807, 2.05) is 13.8 Å². The van der Waals surface area contributed by atoms with Crippen molar-refractivity contribution in [3.8, 4) is 0 Å². The molecule has 8 heteroatoms. The summed E-state index contributed by atoms with van der Waals surface area (Å²) in [7, 11) is 1.66. The molecule has 0 spiro atoms. The molecule has 0 radical (unpaired) electrons. The van der Waals surface area contributed by atoms with Crippen LogP contribution in [0.2, 0.25) is 0 Å². The van der Waals surface area contributed by atoms with Crippen LogP contribution < -0.4 is 10.6 Å². The molecule has 1 aromatic rings. The molecule has 0 saturated carbocycles. The molecule has 0 aromatic carbocycles.